The van der Waals surface area contributed by atoms with Crippen molar-refractivity contribution in [3.05, 3.63) is 29.6 Å². The molecule has 1 aliphatic carbocycles. The third-order valence-corrected chi connectivity index (χ3v) is 2.93. The molecule has 0 aliphatic heterocycles. The van der Waals surface area contributed by atoms with Gasteiger partial charge in [-0.2, -0.15) is 5.26 Å². The van der Waals surface area contributed by atoms with Crippen LogP contribution in [-0.4, -0.2) is 13.1 Å². The molecular weight excluding hydrogens is 203 g/mol. The van der Waals surface area contributed by atoms with E-state index in [0.717, 1.165) is 24.7 Å². The van der Waals surface area contributed by atoms with Crippen molar-refractivity contribution in [1.82, 2.24) is 0 Å². The highest BCUT2D eigenvalue weighted by molar-refractivity contribution is 5.52. The number of hydrogen-bond donors (Lipinski definition) is 0. The van der Waals surface area contributed by atoms with Crippen LogP contribution in [0.5, 0.6) is 0 Å². The Kier molecular flexibility index (Phi) is 3.09. The van der Waals surface area contributed by atoms with E-state index in [1.54, 1.807) is 6.07 Å². The molecular formula is C13H15FN2. The number of anilines is 1. The second-order valence-electron chi connectivity index (χ2n) is 4.29. The molecule has 0 bridgehead atoms. The first kappa shape index (κ1) is 10.9. The molecule has 84 valence electrons. The Hall–Kier alpha value is -1.56. The number of halogens is 1. The van der Waals surface area contributed by atoms with Gasteiger partial charge in [-0.3, -0.25) is 0 Å². The maximum absolute atomic E-state index is 13.3. The van der Waals surface area contributed by atoms with E-state index in [1.807, 2.05) is 6.07 Å². The molecule has 0 radical (unpaired) electrons. The quantitative estimate of drug-likeness (QED) is 0.777. The maximum atomic E-state index is 13.3. The van der Waals surface area contributed by atoms with Crippen LogP contribution in [0.2, 0.25) is 0 Å². The van der Waals surface area contributed by atoms with Crippen LogP contribution in [0.4, 0.5) is 10.1 Å². The molecule has 2 rings (SSSR count). The summed E-state index contributed by atoms with van der Waals surface area (Å²) in [6, 6.07) is 6.53. The van der Waals surface area contributed by atoms with Crippen LogP contribution in [0.15, 0.2) is 18.2 Å². The highest BCUT2D eigenvalue weighted by atomic mass is 19.1. The van der Waals surface area contributed by atoms with Crippen LogP contribution in [0, 0.1) is 23.1 Å². The van der Waals surface area contributed by atoms with Gasteiger partial charge in [-0.15, -0.1) is 0 Å². The molecule has 0 spiro atoms. The first-order valence-electron chi connectivity index (χ1n) is 5.68. The number of hydrogen-bond acceptors (Lipinski definition) is 2. The summed E-state index contributed by atoms with van der Waals surface area (Å²) >= 11 is 0. The van der Waals surface area contributed by atoms with Crippen LogP contribution in [0.1, 0.15) is 25.3 Å². The minimum absolute atomic E-state index is 0.330. The summed E-state index contributed by atoms with van der Waals surface area (Å²) in [5, 5.41) is 8.80. The Morgan fingerprint density at radius 2 is 2.19 bits per heavy atom. The fourth-order valence-corrected chi connectivity index (χ4v) is 1.85. The first-order chi connectivity index (χ1) is 7.72. The second kappa shape index (κ2) is 4.52. The molecule has 1 aromatic carbocycles. The van der Waals surface area contributed by atoms with Crippen LogP contribution in [-0.2, 0) is 0 Å². The highest BCUT2D eigenvalue weighted by Gasteiger charge is 2.24. The van der Waals surface area contributed by atoms with Crippen molar-refractivity contribution in [3.63, 3.8) is 0 Å². The molecule has 0 unspecified atom stereocenters. The molecule has 0 amide bonds. The van der Waals surface area contributed by atoms with Crippen LogP contribution in [0.3, 0.4) is 0 Å². The van der Waals surface area contributed by atoms with Crippen molar-refractivity contribution < 1.29 is 4.39 Å². The standard InChI is InChI=1S/C13H15FN2/c1-2-16(9-10-3-4-10)13-6-11(8-15)5-12(14)7-13/h5-7,10H,2-4,9H2,1H3. The van der Waals surface area contributed by atoms with E-state index >= 15 is 0 Å². The van der Waals surface area contributed by atoms with Crippen molar-refractivity contribution in [2.45, 2.75) is 19.8 Å². The Bertz CT molecular complexity index is 418. The number of nitriles is 1. The average Bonchev–Trinajstić information content (AvgIpc) is 3.08. The Labute approximate surface area is 95.3 Å². The van der Waals surface area contributed by atoms with Crippen LogP contribution < -0.4 is 4.90 Å². The molecule has 0 atom stereocenters. The molecule has 1 fully saturated rings. The largest absolute Gasteiger partial charge is 0.371 e. The van der Waals surface area contributed by atoms with Crippen LogP contribution in [0.25, 0.3) is 0 Å². The number of benzene rings is 1. The number of rotatable bonds is 4. The maximum Gasteiger partial charge on any atom is 0.126 e. The van der Waals surface area contributed by atoms with Gasteiger partial charge < -0.3 is 4.90 Å². The molecule has 0 heterocycles. The monoisotopic (exact) mass is 218 g/mol. The second-order valence-corrected chi connectivity index (χ2v) is 4.29. The summed E-state index contributed by atoms with van der Waals surface area (Å²) in [5.74, 6) is 0.428. The van der Waals surface area contributed by atoms with E-state index in [-0.39, 0.29) is 5.82 Å². The Balaban J connectivity index is 2.22. The van der Waals surface area contributed by atoms with Crippen LogP contribution >= 0.6 is 0 Å². The lowest BCUT2D eigenvalue weighted by Crippen LogP contribution is -2.25. The lowest BCUT2D eigenvalue weighted by atomic mass is 10.2. The van der Waals surface area contributed by atoms with Crippen molar-refractivity contribution in [2.24, 2.45) is 5.92 Å². The molecule has 1 aromatic rings. The Morgan fingerprint density at radius 1 is 1.44 bits per heavy atom. The topological polar surface area (TPSA) is 27.0 Å². The summed E-state index contributed by atoms with van der Waals surface area (Å²) in [7, 11) is 0. The van der Waals surface area contributed by atoms with E-state index in [0.29, 0.717) is 5.56 Å². The van der Waals surface area contributed by atoms with Gasteiger partial charge in [-0.1, -0.05) is 0 Å². The highest BCUT2D eigenvalue weighted by Crippen LogP contribution is 2.31. The molecule has 1 saturated carbocycles. The summed E-state index contributed by atoms with van der Waals surface area (Å²) in [4.78, 5) is 2.14. The zero-order chi connectivity index (χ0) is 11.5. The van der Waals surface area contributed by atoms with Gasteiger partial charge in [0.2, 0.25) is 0 Å². The first-order valence-corrected chi connectivity index (χ1v) is 5.68. The fraction of sp³-hybridized carbons (Fsp3) is 0.462. The van der Waals surface area contributed by atoms with Gasteiger partial charge in [0.25, 0.3) is 0 Å². The number of nitrogens with zero attached hydrogens (tertiary/aromatic N) is 2. The van der Waals surface area contributed by atoms with Gasteiger partial charge >= 0.3 is 0 Å². The average molecular weight is 218 g/mol. The van der Waals surface area contributed by atoms with Gasteiger partial charge in [0.05, 0.1) is 11.6 Å². The zero-order valence-corrected chi connectivity index (χ0v) is 9.41. The van der Waals surface area contributed by atoms with E-state index in [1.165, 1.54) is 25.0 Å². The van der Waals surface area contributed by atoms with E-state index in [2.05, 4.69) is 11.8 Å². The molecule has 3 heteroatoms. The van der Waals surface area contributed by atoms with Crippen molar-refractivity contribution in [1.29, 1.82) is 5.26 Å². The fourth-order valence-electron chi connectivity index (χ4n) is 1.85. The molecule has 16 heavy (non-hydrogen) atoms. The van der Waals surface area contributed by atoms with E-state index in [9.17, 15) is 4.39 Å². The lowest BCUT2D eigenvalue weighted by Gasteiger charge is -2.23. The summed E-state index contributed by atoms with van der Waals surface area (Å²) < 4.78 is 13.3. The smallest absolute Gasteiger partial charge is 0.126 e. The molecule has 1 aliphatic rings. The molecule has 0 aromatic heterocycles. The Morgan fingerprint density at radius 3 is 2.75 bits per heavy atom. The van der Waals surface area contributed by atoms with Gasteiger partial charge in [0.15, 0.2) is 0 Å². The van der Waals surface area contributed by atoms with Gasteiger partial charge in [0, 0.05) is 18.8 Å². The molecule has 2 nitrogen and oxygen atoms in total. The summed E-state index contributed by atoms with van der Waals surface area (Å²) in [6.45, 7) is 3.88. The summed E-state index contributed by atoms with van der Waals surface area (Å²) in [5.41, 5.74) is 1.22. The van der Waals surface area contributed by atoms with Gasteiger partial charge in [-0.25, -0.2) is 4.39 Å². The van der Waals surface area contributed by atoms with E-state index < -0.39 is 0 Å². The third-order valence-electron chi connectivity index (χ3n) is 2.93. The molecule has 0 N–H and O–H groups in total. The molecule has 0 saturated heterocycles. The predicted molar refractivity (Wildman–Crippen MR) is 61.7 cm³/mol. The van der Waals surface area contributed by atoms with E-state index in [4.69, 9.17) is 5.26 Å². The minimum Gasteiger partial charge on any atom is -0.371 e. The van der Waals surface area contributed by atoms with Crippen molar-refractivity contribution in [3.8, 4) is 6.07 Å². The predicted octanol–water partition coefficient (Wildman–Crippen LogP) is 2.93. The normalized spacial score (nSPS) is 14.6. The SMILES string of the molecule is CCN(CC1CC1)c1cc(F)cc(C#N)c1. The third kappa shape index (κ3) is 2.52. The lowest BCUT2D eigenvalue weighted by molar-refractivity contribution is 0.625. The van der Waals surface area contributed by atoms with Crippen molar-refractivity contribution >= 4 is 5.69 Å². The zero-order valence-electron chi connectivity index (χ0n) is 9.41. The van der Waals surface area contributed by atoms with Gasteiger partial charge in [0.1, 0.15) is 5.82 Å². The van der Waals surface area contributed by atoms with Crippen molar-refractivity contribution in [2.75, 3.05) is 18.0 Å². The summed E-state index contributed by atoms with van der Waals surface area (Å²) in [6.07, 6.45) is 2.55. The van der Waals surface area contributed by atoms with Gasteiger partial charge in [-0.05, 0) is 43.9 Å². The minimum atomic E-state index is -0.330.